The number of aryl methyl sites for hydroxylation is 1. The highest BCUT2D eigenvalue weighted by Crippen LogP contribution is 2.22. The van der Waals surface area contributed by atoms with Gasteiger partial charge in [-0.05, 0) is 12.0 Å². The molecule has 0 aliphatic carbocycles. The Morgan fingerprint density at radius 2 is 2.06 bits per heavy atom. The van der Waals surface area contributed by atoms with Crippen molar-refractivity contribution in [1.29, 1.82) is 0 Å². The second kappa shape index (κ2) is 5.43. The lowest BCUT2D eigenvalue weighted by atomic mass is 10.1. The molecule has 0 fully saturated rings. The molecule has 0 unspecified atom stereocenters. The van der Waals surface area contributed by atoms with Crippen molar-refractivity contribution in [2.24, 2.45) is 0 Å². The van der Waals surface area contributed by atoms with Gasteiger partial charge in [-0.3, -0.25) is 4.79 Å². The molecule has 0 radical (unpaired) electrons. The van der Waals surface area contributed by atoms with Crippen LogP contribution >= 0.6 is 22.9 Å². The van der Waals surface area contributed by atoms with Crippen LogP contribution in [-0.2, 0) is 6.42 Å². The maximum atomic E-state index is 11.4. The zero-order valence-corrected chi connectivity index (χ0v) is 11.0. The molecule has 0 aliphatic rings. The fourth-order valence-electron chi connectivity index (χ4n) is 1.50. The quantitative estimate of drug-likeness (QED) is 0.622. The summed E-state index contributed by atoms with van der Waals surface area (Å²) in [5.41, 5.74) is 3.17. The minimum atomic E-state index is -0.118. The Balaban J connectivity index is 2.27. The van der Waals surface area contributed by atoms with E-state index >= 15 is 0 Å². The molecule has 2 rings (SSSR count). The van der Waals surface area contributed by atoms with Crippen molar-refractivity contribution in [3.63, 3.8) is 0 Å². The number of carbonyl (C=O) groups is 1. The van der Waals surface area contributed by atoms with Crippen LogP contribution < -0.4 is 0 Å². The molecule has 1 aromatic heterocycles. The van der Waals surface area contributed by atoms with Gasteiger partial charge in [-0.15, -0.1) is 22.9 Å². The smallest absolute Gasteiger partial charge is 0.206 e. The summed E-state index contributed by atoms with van der Waals surface area (Å²) in [6, 6.07) is 8.22. The number of thiazole rings is 1. The minimum absolute atomic E-state index is 0.0122. The lowest BCUT2D eigenvalue weighted by Gasteiger charge is -1.98. The van der Waals surface area contributed by atoms with Crippen LogP contribution in [0.25, 0.3) is 11.3 Å². The van der Waals surface area contributed by atoms with E-state index in [-0.39, 0.29) is 11.7 Å². The summed E-state index contributed by atoms with van der Waals surface area (Å²) in [4.78, 5) is 15.7. The molecular formula is C13H12ClNOS. The van der Waals surface area contributed by atoms with Gasteiger partial charge in [0, 0.05) is 10.9 Å². The Morgan fingerprint density at radius 3 is 2.65 bits per heavy atom. The van der Waals surface area contributed by atoms with Crippen molar-refractivity contribution >= 4 is 28.7 Å². The lowest BCUT2D eigenvalue weighted by Crippen LogP contribution is -1.98. The highest BCUT2D eigenvalue weighted by Gasteiger charge is 2.10. The summed E-state index contributed by atoms with van der Waals surface area (Å²) in [6.45, 7) is 2.12. The van der Waals surface area contributed by atoms with Crippen molar-refractivity contribution in [3.05, 3.63) is 40.2 Å². The number of hydrogen-bond donors (Lipinski definition) is 0. The van der Waals surface area contributed by atoms with Crippen LogP contribution in [0.5, 0.6) is 0 Å². The molecule has 0 atom stereocenters. The molecule has 17 heavy (non-hydrogen) atoms. The van der Waals surface area contributed by atoms with Crippen LogP contribution in [0.15, 0.2) is 29.6 Å². The van der Waals surface area contributed by atoms with E-state index in [1.54, 1.807) is 0 Å². The second-order valence-electron chi connectivity index (χ2n) is 3.65. The predicted octanol–water partition coefficient (Wildman–Crippen LogP) is 3.79. The van der Waals surface area contributed by atoms with E-state index in [2.05, 4.69) is 24.0 Å². The molecule has 2 aromatic rings. The van der Waals surface area contributed by atoms with E-state index in [0.717, 1.165) is 17.7 Å². The first kappa shape index (κ1) is 12.3. The standard InChI is InChI=1S/C13H12ClNOS/c1-2-9-3-5-10(6-4-9)11-8-17-13(15-11)12(16)7-14/h3-6,8H,2,7H2,1H3. The number of carbonyl (C=O) groups excluding carboxylic acids is 1. The van der Waals surface area contributed by atoms with Crippen LogP contribution in [0.1, 0.15) is 22.3 Å². The lowest BCUT2D eigenvalue weighted by molar-refractivity contribution is 0.102. The van der Waals surface area contributed by atoms with Crippen LogP contribution in [-0.4, -0.2) is 16.6 Å². The van der Waals surface area contributed by atoms with E-state index in [1.165, 1.54) is 16.9 Å². The molecule has 0 amide bonds. The van der Waals surface area contributed by atoms with Gasteiger partial charge >= 0.3 is 0 Å². The summed E-state index contributed by atoms with van der Waals surface area (Å²) < 4.78 is 0. The zero-order valence-electron chi connectivity index (χ0n) is 9.44. The van der Waals surface area contributed by atoms with Gasteiger partial charge in [-0.2, -0.15) is 0 Å². The number of ketones is 1. The van der Waals surface area contributed by atoms with E-state index in [1.807, 2.05) is 17.5 Å². The molecule has 0 saturated heterocycles. The van der Waals surface area contributed by atoms with E-state index in [9.17, 15) is 4.79 Å². The maximum absolute atomic E-state index is 11.4. The van der Waals surface area contributed by atoms with Gasteiger partial charge in [0.05, 0.1) is 11.6 Å². The van der Waals surface area contributed by atoms with Gasteiger partial charge in [-0.1, -0.05) is 31.2 Å². The van der Waals surface area contributed by atoms with Crippen LogP contribution in [0.3, 0.4) is 0 Å². The first-order valence-corrected chi connectivity index (χ1v) is 6.80. The highest BCUT2D eigenvalue weighted by atomic mass is 35.5. The maximum Gasteiger partial charge on any atom is 0.206 e. The second-order valence-corrected chi connectivity index (χ2v) is 4.77. The van der Waals surface area contributed by atoms with Crippen molar-refractivity contribution in [3.8, 4) is 11.3 Å². The first-order valence-electron chi connectivity index (χ1n) is 5.38. The number of benzene rings is 1. The van der Waals surface area contributed by atoms with Crippen molar-refractivity contribution in [2.75, 3.05) is 5.88 Å². The molecular weight excluding hydrogens is 254 g/mol. The molecule has 88 valence electrons. The summed E-state index contributed by atoms with van der Waals surface area (Å²) >= 11 is 6.84. The largest absolute Gasteiger partial charge is 0.290 e. The van der Waals surface area contributed by atoms with Crippen molar-refractivity contribution in [1.82, 2.24) is 4.98 Å². The molecule has 4 heteroatoms. The molecule has 0 saturated carbocycles. The van der Waals surface area contributed by atoms with Gasteiger partial charge in [0.2, 0.25) is 5.78 Å². The number of Topliss-reactive ketones (excluding diaryl/α,β-unsaturated/α-hetero) is 1. The molecule has 1 heterocycles. The van der Waals surface area contributed by atoms with E-state index in [0.29, 0.717) is 5.01 Å². The van der Waals surface area contributed by atoms with Gasteiger partial charge in [0.1, 0.15) is 0 Å². The molecule has 0 spiro atoms. The fraction of sp³-hybridized carbons (Fsp3) is 0.231. The van der Waals surface area contributed by atoms with Crippen LogP contribution in [0.4, 0.5) is 0 Å². The average molecular weight is 266 g/mol. The van der Waals surface area contributed by atoms with Crippen molar-refractivity contribution in [2.45, 2.75) is 13.3 Å². The number of rotatable bonds is 4. The zero-order chi connectivity index (χ0) is 12.3. The number of hydrogen-bond acceptors (Lipinski definition) is 3. The fourth-order valence-corrected chi connectivity index (χ4v) is 2.48. The Kier molecular flexibility index (Phi) is 3.92. The Morgan fingerprint density at radius 1 is 1.35 bits per heavy atom. The topological polar surface area (TPSA) is 30.0 Å². The molecule has 0 bridgehead atoms. The molecule has 2 nitrogen and oxygen atoms in total. The molecule has 1 aromatic carbocycles. The van der Waals surface area contributed by atoms with Crippen molar-refractivity contribution < 1.29 is 4.79 Å². The Bertz CT molecular complexity index is 518. The Hall–Kier alpha value is -1.19. The number of halogens is 1. The monoisotopic (exact) mass is 265 g/mol. The summed E-state index contributed by atoms with van der Waals surface area (Å²) in [6.07, 6.45) is 1.02. The normalized spacial score (nSPS) is 10.5. The minimum Gasteiger partial charge on any atom is -0.290 e. The number of aromatic nitrogens is 1. The third-order valence-corrected chi connectivity index (χ3v) is 3.65. The summed E-state index contributed by atoms with van der Waals surface area (Å²) in [7, 11) is 0. The van der Waals surface area contributed by atoms with Crippen LogP contribution in [0.2, 0.25) is 0 Å². The average Bonchev–Trinajstić information content (AvgIpc) is 2.87. The predicted molar refractivity (Wildman–Crippen MR) is 72.0 cm³/mol. The third-order valence-electron chi connectivity index (χ3n) is 2.52. The van der Waals surface area contributed by atoms with Crippen LogP contribution in [0, 0.1) is 0 Å². The SMILES string of the molecule is CCc1ccc(-c2csc(C(=O)CCl)n2)cc1. The van der Waals surface area contributed by atoms with E-state index in [4.69, 9.17) is 11.6 Å². The number of nitrogens with zero attached hydrogens (tertiary/aromatic N) is 1. The van der Waals surface area contributed by atoms with Gasteiger partial charge in [0.25, 0.3) is 0 Å². The molecule has 0 N–H and O–H groups in total. The van der Waals surface area contributed by atoms with E-state index < -0.39 is 0 Å². The molecule has 0 aliphatic heterocycles. The summed E-state index contributed by atoms with van der Waals surface area (Å²) in [5.74, 6) is -0.130. The van der Waals surface area contributed by atoms with Gasteiger partial charge in [0.15, 0.2) is 5.01 Å². The first-order chi connectivity index (χ1) is 8.24. The van der Waals surface area contributed by atoms with Gasteiger partial charge < -0.3 is 0 Å². The highest BCUT2D eigenvalue weighted by molar-refractivity contribution is 7.12. The van der Waals surface area contributed by atoms with Gasteiger partial charge in [-0.25, -0.2) is 4.98 Å². The third kappa shape index (κ3) is 2.73. The Labute approximate surface area is 109 Å². The summed E-state index contributed by atoms with van der Waals surface area (Å²) in [5, 5.41) is 2.37. The number of alkyl halides is 1.